The Kier molecular flexibility index (Phi) is 2.64. The number of fused-ring (bicyclic) bond motifs is 1. The summed E-state index contributed by atoms with van der Waals surface area (Å²) in [7, 11) is 0. The Bertz CT molecular complexity index is 618. The second-order valence-corrected chi connectivity index (χ2v) is 4.93. The molecule has 3 rings (SSSR count). The van der Waals surface area contributed by atoms with E-state index in [1.54, 1.807) is 6.92 Å². The van der Waals surface area contributed by atoms with Crippen LogP contribution in [0, 0.1) is 0 Å². The number of hydrogen-bond donors (Lipinski definition) is 2. The van der Waals surface area contributed by atoms with E-state index in [9.17, 15) is 9.50 Å². The van der Waals surface area contributed by atoms with Crippen LogP contribution >= 0.6 is 0 Å². The van der Waals surface area contributed by atoms with Crippen LogP contribution in [0.3, 0.4) is 0 Å². The van der Waals surface area contributed by atoms with E-state index in [2.05, 4.69) is 15.1 Å². The van der Waals surface area contributed by atoms with Crippen molar-refractivity contribution in [3.63, 3.8) is 0 Å². The highest BCUT2D eigenvalue weighted by atomic mass is 19.1. The lowest BCUT2D eigenvalue weighted by atomic mass is 10.0. The van der Waals surface area contributed by atoms with Gasteiger partial charge >= 0.3 is 0 Å². The number of imidazole rings is 1. The highest BCUT2D eigenvalue weighted by Crippen LogP contribution is 2.41. The zero-order valence-electron chi connectivity index (χ0n) is 10.3. The van der Waals surface area contributed by atoms with Crippen LogP contribution in [0.15, 0.2) is 12.5 Å². The van der Waals surface area contributed by atoms with Crippen LogP contribution in [0.2, 0.25) is 0 Å². The minimum absolute atomic E-state index is 0.127. The number of aliphatic hydroxyl groups is 1. The molecule has 3 N–H and O–H groups in total. The van der Waals surface area contributed by atoms with Crippen LogP contribution in [-0.2, 0) is 4.74 Å². The molecule has 0 unspecified atom stereocenters. The molecule has 19 heavy (non-hydrogen) atoms. The molecule has 0 aliphatic carbocycles. The summed E-state index contributed by atoms with van der Waals surface area (Å²) in [5.74, 6) is 0.222. The second-order valence-electron chi connectivity index (χ2n) is 4.93. The van der Waals surface area contributed by atoms with E-state index in [0.717, 1.165) is 0 Å². The van der Waals surface area contributed by atoms with Gasteiger partial charge in [0.15, 0.2) is 11.5 Å². The minimum Gasteiger partial charge on any atom is -0.393 e. The number of alkyl halides is 1. The fraction of sp³-hybridized carbons (Fsp3) is 0.545. The molecule has 8 heteroatoms. The first-order valence-corrected chi connectivity index (χ1v) is 5.91. The largest absolute Gasteiger partial charge is 0.393 e. The van der Waals surface area contributed by atoms with Gasteiger partial charge in [0.1, 0.15) is 18.6 Å². The van der Waals surface area contributed by atoms with Crippen LogP contribution in [0.1, 0.15) is 25.1 Å². The van der Waals surface area contributed by atoms with Crippen LogP contribution in [0.25, 0.3) is 5.65 Å². The van der Waals surface area contributed by atoms with E-state index in [0.29, 0.717) is 11.3 Å². The van der Waals surface area contributed by atoms with Crippen molar-refractivity contribution in [2.75, 3.05) is 12.3 Å². The van der Waals surface area contributed by atoms with E-state index in [-0.39, 0.29) is 18.8 Å². The molecule has 0 bridgehead atoms. The maximum Gasteiger partial charge on any atom is 0.196 e. The van der Waals surface area contributed by atoms with Gasteiger partial charge in [-0.05, 0) is 6.92 Å². The molecule has 0 saturated carbocycles. The average Bonchev–Trinajstić information content (AvgIpc) is 2.92. The van der Waals surface area contributed by atoms with Crippen molar-refractivity contribution in [1.82, 2.24) is 19.6 Å². The molecule has 1 aliphatic heterocycles. The van der Waals surface area contributed by atoms with Crippen LogP contribution in [0.4, 0.5) is 10.2 Å². The smallest absolute Gasteiger partial charge is 0.196 e. The van der Waals surface area contributed by atoms with E-state index >= 15 is 0 Å². The summed E-state index contributed by atoms with van der Waals surface area (Å²) in [4.78, 5) is 7.89. The quantitative estimate of drug-likeness (QED) is 0.809. The average molecular weight is 267 g/mol. The van der Waals surface area contributed by atoms with Crippen LogP contribution < -0.4 is 5.73 Å². The number of aromatic nitrogens is 4. The number of aliphatic hydroxyl groups excluding tert-OH is 1. The zero-order chi connectivity index (χ0) is 13.6. The van der Waals surface area contributed by atoms with Gasteiger partial charge in [0.25, 0.3) is 0 Å². The van der Waals surface area contributed by atoms with Crippen molar-refractivity contribution in [1.29, 1.82) is 0 Å². The Morgan fingerprint density at radius 2 is 2.42 bits per heavy atom. The maximum atomic E-state index is 14.1. The molecule has 1 saturated heterocycles. The molecular formula is C11H14FN5O2. The fourth-order valence-corrected chi connectivity index (χ4v) is 2.34. The number of nitrogens with zero attached hydrogens (tertiary/aromatic N) is 4. The van der Waals surface area contributed by atoms with Gasteiger partial charge in [0, 0.05) is 6.42 Å². The normalized spacial score (nSPS) is 31.1. The SMILES string of the molecule is C[C@@]1(CO)C[C@@H](F)[C@H](c2cnc3c(N)ncnn23)O1. The van der Waals surface area contributed by atoms with Gasteiger partial charge in [-0.15, -0.1) is 0 Å². The molecule has 3 heterocycles. The van der Waals surface area contributed by atoms with Gasteiger partial charge in [-0.25, -0.2) is 18.9 Å². The molecular weight excluding hydrogens is 253 g/mol. The first-order chi connectivity index (χ1) is 9.04. The number of hydrogen-bond acceptors (Lipinski definition) is 6. The third-order valence-corrected chi connectivity index (χ3v) is 3.35. The third kappa shape index (κ3) is 1.83. The minimum atomic E-state index is -1.23. The number of halogens is 1. The molecule has 7 nitrogen and oxygen atoms in total. The van der Waals surface area contributed by atoms with Gasteiger partial charge in [0.2, 0.25) is 0 Å². The molecule has 102 valence electrons. The van der Waals surface area contributed by atoms with Crippen molar-refractivity contribution in [2.24, 2.45) is 0 Å². The first kappa shape index (κ1) is 12.2. The molecule has 0 amide bonds. The molecule has 0 spiro atoms. The Labute approximate surface area is 108 Å². The van der Waals surface area contributed by atoms with Gasteiger partial charge < -0.3 is 15.6 Å². The van der Waals surface area contributed by atoms with Gasteiger partial charge in [-0.2, -0.15) is 5.10 Å². The summed E-state index contributed by atoms with van der Waals surface area (Å²) >= 11 is 0. The lowest BCUT2D eigenvalue weighted by Gasteiger charge is -2.20. The summed E-state index contributed by atoms with van der Waals surface area (Å²) in [5, 5.41) is 13.3. The molecule has 0 radical (unpaired) electrons. The van der Waals surface area contributed by atoms with E-state index in [4.69, 9.17) is 10.5 Å². The molecule has 1 fully saturated rings. The lowest BCUT2D eigenvalue weighted by Crippen LogP contribution is -2.28. The van der Waals surface area contributed by atoms with Gasteiger partial charge in [-0.1, -0.05) is 0 Å². The number of nitrogen functional groups attached to an aromatic ring is 1. The zero-order valence-corrected chi connectivity index (χ0v) is 10.3. The standard InChI is InChI=1S/C11H14FN5O2/c1-11(4-18)2-6(12)8(19-11)7-3-14-10-9(13)15-5-16-17(7)10/h3,5-6,8,18H,2,4H2,1H3,(H2,13,15,16)/t6-,8-,11+/m1/s1. The Morgan fingerprint density at radius 1 is 1.63 bits per heavy atom. The number of nitrogens with two attached hydrogens (primary N) is 1. The number of rotatable bonds is 2. The predicted octanol–water partition coefficient (Wildman–Crippen LogP) is 0.257. The Hall–Kier alpha value is -1.80. The van der Waals surface area contributed by atoms with Crippen LogP contribution in [0.5, 0.6) is 0 Å². The number of anilines is 1. The van der Waals surface area contributed by atoms with Crippen LogP contribution in [-0.4, -0.2) is 43.1 Å². The summed E-state index contributed by atoms with van der Waals surface area (Å²) in [6.45, 7) is 1.43. The molecule has 2 aromatic heterocycles. The van der Waals surface area contributed by atoms with Crippen molar-refractivity contribution in [2.45, 2.75) is 31.2 Å². The predicted molar refractivity (Wildman–Crippen MR) is 64.0 cm³/mol. The van der Waals surface area contributed by atoms with E-state index in [1.807, 2.05) is 0 Å². The monoisotopic (exact) mass is 267 g/mol. The maximum absolute atomic E-state index is 14.1. The van der Waals surface area contributed by atoms with Crippen molar-refractivity contribution < 1.29 is 14.2 Å². The van der Waals surface area contributed by atoms with Crippen molar-refractivity contribution in [3.8, 4) is 0 Å². The summed E-state index contributed by atoms with van der Waals surface area (Å²) < 4.78 is 21.1. The topological polar surface area (TPSA) is 98.6 Å². The number of ether oxygens (including phenoxy) is 1. The molecule has 2 aromatic rings. The van der Waals surface area contributed by atoms with Crippen molar-refractivity contribution >= 4 is 11.5 Å². The van der Waals surface area contributed by atoms with Gasteiger partial charge in [0.05, 0.1) is 24.1 Å². The molecule has 1 aliphatic rings. The van der Waals surface area contributed by atoms with Crippen molar-refractivity contribution in [3.05, 3.63) is 18.2 Å². The lowest BCUT2D eigenvalue weighted by molar-refractivity contribution is -0.0679. The molecule has 3 atom stereocenters. The summed E-state index contributed by atoms with van der Waals surface area (Å²) in [5.41, 5.74) is 5.62. The first-order valence-electron chi connectivity index (χ1n) is 5.91. The third-order valence-electron chi connectivity index (χ3n) is 3.35. The molecule has 0 aromatic carbocycles. The Morgan fingerprint density at radius 3 is 3.11 bits per heavy atom. The van der Waals surface area contributed by atoms with Gasteiger partial charge in [-0.3, -0.25) is 0 Å². The summed E-state index contributed by atoms with van der Waals surface area (Å²) in [6, 6.07) is 0. The highest BCUT2D eigenvalue weighted by molar-refractivity contribution is 5.58. The second kappa shape index (κ2) is 4.10. The highest BCUT2D eigenvalue weighted by Gasteiger charge is 2.45. The van der Waals surface area contributed by atoms with E-state index < -0.39 is 17.9 Å². The Balaban J connectivity index is 2.04. The van der Waals surface area contributed by atoms with E-state index in [1.165, 1.54) is 17.0 Å². The summed E-state index contributed by atoms with van der Waals surface area (Å²) in [6.07, 6.45) is 0.832. The fourth-order valence-electron chi connectivity index (χ4n) is 2.34.